The fraction of sp³-hybridized carbons (Fsp3) is 0.250. The maximum Gasteiger partial charge on any atom is 0.407 e. The van der Waals surface area contributed by atoms with Crippen LogP contribution in [0.5, 0.6) is 0 Å². The zero-order chi connectivity index (χ0) is 12.5. The lowest BCUT2D eigenvalue weighted by Gasteiger charge is -2.15. The Kier molecular flexibility index (Phi) is 3.39. The van der Waals surface area contributed by atoms with Crippen LogP contribution >= 0.6 is 11.6 Å². The summed E-state index contributed by atoms with van der Waals surface area (Å²) in [6.07, 6.45) is -4.61. The molecule has 1 unspecified atom stereocenters. The van der Waals surface area contributed by atoms with Gasteiger partial charge in [0.15, 0.2) is 0 Å². The SMILES string of the molecule is NC(c1ccc([N+](=O)[O-])c(Cl)c1)C(F)(F)F. The van der Waals surface area contributed by atoms with Crippen molar-refractivity contribution in [2.45, 2.75) is 12.2 Å². The van der Waals surface area contributed by atoms with E-state index in [-0.39, 0.29) is 10.6 Å². The minimum Gasteiger partial charge on any atom is -0.316 e. The fourth-order valence-electron chi connectivity index (χ4n) is 1.05. The first-order chi connectivity index (χ1) is 7.23. The summed E-state index contributed by atoms with van der Waals surface area (Å²) < 4.78 is 36.7. The van der Waals surface area contributed by atoms with Crippen LogP contribution < -0.4 is 5.73 Å². The monoisotopic (exact) mass is 254 g/mol. The maximum absolute atomic E-state index is 12.2. The van der Waals surface area contributed by atoms with E-state index in [0.29, 0.717) is 0 Å². The molecule has 0 radical (unpaired) electrons. The molecule has 0 aliphatic rings. The van der Waals surface area contributed by atoms with Crippen LogP contribution in [0.3, 0.4) is 0 Å². The van der Waals surface area contributed by atoms with Crippen molar-refractivity contribution >= 4 is 17.3 Å². The molecule has 0 heterocycles. The molecular formula is C8H6ClF3N2O2. The van der Waals surface area contributed by atoms with E-state index in [2.05, 4.69) is 0 Å². The van der Waals surface area contributed by atoms with E-state index in [1.807, 2.05) is 0 Å². The number of nitrogens with two attached hydrogens (primary N) is 1. The molecular weight excluding hydrogens is 249 g/mol. The largest absolute Gasteiger partial charge is 0.407 e. The number of rotatable bonds is 2. The Hall–Kier alpha value is -1.34. The maximum atomic E-state index is 12.2. The van der Waals surface area contributed by atoms with Crippen LogP contribution in [0.1, 0.15) is 11.6 Å². The summed E-state index contributed by atoms with van der Waals surface area (Å²) in [5, 5.41) is 9.99. The first kappa shape index (κ1) is 12.7. The summed E-state index contributed by atoms with van der Waals surface area (Å²) in [5.74, 6) is 0. The van der Waals surface area contributed by atoms with E-state index in [0.717, 1.165) is 18.2 Å². The lowest BCUT2D eigenvalue weighted by Crippen LogP contribution is -2.28. The Balaban J connectivity index is 3.11. The van der Waals surface area contributed by atoms with Gasteiger partial charge < -0.3 is 5.73 Å². The second-order valence-electron chi connectivity index (χ2n) is 2.99. The van der Waals surface area contributed by atoms with E-state index < -0.39 is 22.8 Å². The van der Waals surface area contributed by atoms with Crippen molar-refractivity contribution in [2.75, 3.05) is 0 Å². The van der Waals surface area contributed by atoms with Crippen molar-refractivity contribution in [1.29, 1.82) is 0 Å². The summed E-state index contributed by atoms with van der Waals surface area (Å²) in [4.78, 5) is 9.58. The quantitative estimate of drug-likeness (QED) is 0.652. The minimum absolute atomic E-state index is 0.317. The highest BCUT2D eigenvalue weighted by Crippen LogP contribution is 2.34. The molecule has 0 saturated carbocycles. The van der Waals surface area contributed by atoms with E-state index in [4.69, 9.17) is 17.3 Å². The standard InChI is InChI=1S/C8H6ClF3N2O2/c9-5-3-4(7(13)8(10,11)12)1-2-6(5)14(15)16/h1-3,7H,13H2. The highest BCUT2D eigenvalue weighted by Gasteiger charge is 2.38. The van der Waals surface area contributed by atoms with Crippen molar-refractivity contribution in [3.05, 3.63) is 38.9 Å². The fourth-order valence-corrected chi connectivity index (χ4v) is 1.31. The Morgan fingerprint density at radius 1 is 1.44 bits per heavy atom. The van der Waals surface area contributed by atoms with Crippen molar-refractivity contribution in [1.82, 2.24) is 0 Å². The lowest BCUT2D eigenvalue weighted by atomic mass is 10.1. The van der Waals surface area contributed by atoms with E-state index in [9.17, 15) is 23.3 Å². The number of benzene rings is 1. The van der Waals surface area contributed by atoms with Crippen molar-refractivity contribution < 1.29 is 18.1 Å². The predicted molar refractivity (Wildman–Crippen MR) is 51.1 cm³/mol. The summed E-state index contributed by atoms with van der Waals surface area (Å²) in [6, 6.07) is 0.467. The number of nitrogens with zero attached hydrogens (tertiary/aromatic N) is 1. The minimum atomic E-state index is -4.61. The molecule has 1 atom stereocenters. The molecule has 0 aliphatic carbocycles. The van der Waals surface area contributed by atoms with E-state index in [1.54, 1.807) is 0 Å². The molecule has 2 N–H and O–H groups in total. The molecule has 0 fully saturated rings. The second-order valence-corrected chi connectivity index (χ2v) is 3.39. The predicted octanol–water partition coefficient (Wildman–Crippen LogP) is 2.81. The molecule has 16 heavy (non-hydrogen) atoms. The first-order valence-corrected chi connectivity index (χ1v) is 4.37. The van der Waals surface area contributed by atoms with Crippen LogP contribution in [0.4, 0.5) is 18.9 Å². The van der Waals surface area contributed by atoms with Gasteiger partial charge >= 0.3 is 6.18 Å². The first-order valence-electron chi connectivity index (χ1n) is 3.99. The van der Waals surface area contributed by atoms with Gasteiger partial charge in [-0.3, -0.25) is 10.1 Å². The molecule has 1 aromatic carbocycles. The Morgan fingerprint density at radius 3 is 2.38 bits per heavy atom. The average molecular weight is 255 g/mol. The van der Waals surface area contributed by atoms with Gasteiger partial charge in [0.1, 0.15) is 11.1 Å². The van der Waals surface area contributed by atoms with E-state index >= 15 is 0 Å². The van der Waals surface area contributed by atoms with Gasteiger partial charge in [0, 0.05) is 6.07 Å². The summed E-state index contributed by atoms with van der Waals surface area (Å²) >= 11 is 5.45. The van der Waals surface area contributed by atoms with Crippen molar-refractivity contribution in [2.24, 2.45) is 5.73 Å². The molecule has 0 aliphatic heterocycles. The van der Waals surface area contributed by atoms with Gasteiger partial charge in [0.05, 0.1) is 4.92 Å². The van der Waals surface area contributed by atoms with Crippen molar-refractivity contribution in [3.8, 4) is 0 Å². The summed E-state index contributed by atoms with van der Waals surface area (Å²) in [5.41, 5.74) is 4.14. The number of nitro benzene ring substituents is 1. The third kappa shape index (κ3) is 2.61. The second kappa shape index (κ2) is 4.26. The molecule has 1 aromatic rings. The summed E-state index contributed by atoms with van der Waals surface area (Å²) in [7, 11) is 0. The number of hydrogen-bond donors (Lipinski definition) is 1. The highest BCUT2D eigenvalue weighted by atomic mass is 35.5. The van der Waals surface area contributed by atoms with Crippen molar-refractivity contribution in [3.63, 3.8) is 0 Å². The smallest absolute Gasteiger partial charge is 0.316 e. The molecule has 0 bridgehead atoms. The van der Waals surface area contributed by atoms with Crippen LogP contribution in [0.2, 0.25) is 5.02 Å². The zero-order valence-corrected chi connectivity index (χ0v) is 8.42. The molecule has 0 spiro atoms. The molecule has 0 aromatic heterocycles. The van der Waals surface area contributed by atoms with Gasteiger partial charge in [0.25, 0.3) is 5.69 Å². The molecule has 4 nitrogen and oxygen atoms in total. The third-order valence-corrected chi connectivity index (χ3v) is 2.18. The third-order valence-electron chi connectivity index (χ3n) is 1.88. The van der Waals surface area contributed by atoms with Gasteiger partial charge in [-0.05, 0) is 11.6 Å². The van der Waals surface area contributed by atoms with Gasteiger partial charge in [-0.15, -0.1) is 0 Å². The average Bonchev–Trinajstić information content (AvgIpc) is 2.14. The van der Waals surface area contributed by atoms with Gasteiger partial charge in [-0.25, -0.2) is 0 Å². The van der Waals surface area contributed by atoms with Crippen LogP contribution in [-0.4, -0.2) is 11.1 Å². The summed E-state index contributed by atoms with van der Waals surface area (Å²) in [6.45, 7) is 0. The van der Waals surface area contributed by atoms with Gasteiger partial charge in [-0.1, -0.05) is 17.7 Å². The molecule has 1 rings (SSSR count). The lowest BCUT2D eigenvalue weighted by molar-refractivity contribution is -0.384. The van der Waals surface area contributed by atoms with Crippen LogP contribution in [0, 0.1) is 10.1 Å². The number of halogens is 4. The molecule has 88 valence electrons. The normalized spacial score (nSPS) is 13.6. The zero-order valence-electron chi connectivity index (χ0n) is 7.66. The number of hydrogen-bond acceptors (Lipinski definition) is 3. The van der Waals surface area contributed by atoms with Crippen LogP contribution in [-0.2, 0) is 0 Å². The Bertz CT molecular complexity index is 422. The van der Waals surface area contributed by atoms with Gasteiger partial charge in [0.2, 0.25) is 0 Å². The van der Waals surface area contributed by atoms with E-state index in [1.165, 1.54) is 0 Å². The number of nitro groups is 1. The van der Waals surface area contributed by atoms with Crippen LogP contribution in [0.15, 0.2) is 18.2 Å². The van der Waals surface area contributed by atoms with Crippen LogP contribution in [0.25, 0.3) is 0 Å². The topological polar surface area (TPSA) is 69.2 Å². The number of alkyl halides is 3. The Morgan fingerprint density at radius 2 is 2.00 bits per heavy atom. The molecule has 0 amide bonds. The molecule has 8 heteroatoms. The van der Waals surface area contributed by atoms with Gasteiger partial charge in [-0.2, -0.15) is 13.2 Å². The molecule has 0 saturated heterocycles. The highest BCUT2D eigenvalue weighted by molar-refractivity contribution is 6.32. The Labute approximate surface area is 93.0 Å².